The summed E-state index contributed by atoms with van der Waals surface area (Å²) in [6.07, 6.45) is -4.45. The van der Waals surface area contributed by atoms with Crippen molar-refractivity contribution >= 4 is 5.91 Å². The minimum absolute atomic E-state index is 0.0279. The minimum atomic E-state index is -4.45. The van der Waals surface area contributed by atoms with Gasteiger partial charge in [0.1, 0.15) is 0 Å². The maximum Gasteiger partial charge on any atom is 0.417 e. The molecule has 0 unspecified atom stereocenters. The van der Waals surface area contributed by atoms with Gasteiger partial charge in [0.2, 0.25) is 0 Å². The molecule has 2 nitrogen and oxygen atoms in total. The van der Waals surface area contributed by atoms with Crippen LogP contribution in [-0.4, -0.2) is 12.5 Å². The smallest absolute Gasteiger partial charge is 0.341 e. The van der Waals surface area contributed by atoms with E-state index in [1.165, 1.54) is 18.2 Å². The summed E-state index contributed by atoms with van der Waals surface area (Å²) in [5.41, 5.74) is -0.416. The first-order valence-corrected chi connectivity index (χ1v) is 6.47. The van der Waals surface area contributed by atoms with E-state index in [0.29, 0.717) is 5.56 Å². The average molecular weight is 303 g/mol. The zero-order valence-corrected chi connectivity index (χ0v) is 11.4. The highest BCUT2D eigenvalue weighted by Crippen LogP contribution is 2.31. The third-order valence-electron chi connectivity index (χ3n) is 2.83. The van der Waals surface area contributed by atoms with E-state index in [4.69, 9.17) is 0 Å². The summed E-state index contributed by atoms with van der Waals surface area (Å²) in [7, 11) is 0. The van der Waals surface area contributed by atoms with Crippen LogP contribution in [0.2, 0.25) is 0 Å². The monoisotopic (exact) mass is 303 g/mol. The topological polar surface area (TPSA) is 29.1 Å². The maximum atomic E-state index is 12.8. The van der Waals surface area contributed by atoms with E-state index in [9.17, 15) is 18.0 Å². The molecule has 1 amide bonds. The lowest BCUT2D eigenvalue weighted by Gasteiger charge is -2.08. The quantitative estimate of drug-likeness (QED) is 0.846. The summed E-state index contributed by atoms with van der Waals surface area (Å²) >= 11 is 0. The van der Waals surface area contributed by atoms with Crippen LogP contribution < -0.4 is 5.32 Å². The fraction of sp³-hybridized carbons (Fsp3) is 0.118. The van der Waals surface area contributed by atoms with Crippen LogP contribution in [0.1, 0.15) is 21.5 Å². The van der Waals surface area contributed by atoms with Crippen molar-refractivity contribution in [2.24, 2.45) is 0 Å². The van der Waals surface area contributed by atoms with Gasteiger partial charge in [0.05, 0.1) is 12.1 Å². The molecule has 22 heavy (non-hydrogen) atoms. The third kappa shape index (κ3) is 4.13. The Morgan fingerprint density at radius 1 is 1.00 bits per heavy atom. The second kappa shape index (κ2) is 6.81. The first-order valence-electron chi connectivity index (χ1n) is 6.47. The van der Waals surface area contributed by atoms with E-state index in [1.807, 2.05) is 0 Å². The SMILES string of the molecule is O=C(NCC#Cc1ccccc1C(F)(F)F)c1ccccc1. The van der Waals surface area contributed by atoms with E-state index in [-0.39, 0.29) is 18.0 Å². The Morgan fingerprint density at radius 2 is 1.64 bits per heavy atom. The number of nitrogens with one attached hydrogen (secondary N) is 1. The number of benzene rings is 2. The van der Waals surface area contributed by atoms with Crippen molar-refractivity contribution in [1.29, 1.82) is 0 Å². The van der Waals surface area contributed by atoms with Crippen molar-refractivity contribution in [3.8, 4) is 11.8 Å². The van der Waals surface area contributed by atoms with E-state index in [0.717, 1.165) is 6.07 Å². The van der Waals surface area contributed by atoms with Gasteiger partial charge in [-0.1, -0.05) is 42.2 Å². The number of carbonyl (C=O) groups excluding carboxylic acids is 1. The van der Waals surface area contributed by atoms with Crippen LogP contribution >= 0.6 is 0 Å². The Morgan fingerprint density at radius 3 is 2.32 bits per heavy atom. The molecule has 0 aromatic heterocycles. The zero-order valence-electron chi connectivity index (χ0n) is 11.4. The molecule has 0 saturated heterocycles. The minimum Gasteiger partial charge on any atom is -0.341 e. The number of rotatable bonds is 2. The molecule has 0 aliphatic rings. The van der Waals surface area contributed by atoms with Gasteiger partial charge in [-0.15, -0.1) is 0 Å². The second-order valence-corrected chi connectivity index (χ2v) is 4.39. The summed E-state index contributed by atoms with van der Waals surface area (Å²) in [5.74, 6) is 4.65. The van der Waals surface area contributed by atoms with Gasteiger partial charge in [0.15, 0.2) is 0 Å². The van der Waals surface area contributed by atoms with Crippen LogP contribution in [0.4, 0.5) is 13.2 Å². The molecule has 0 aliphatic carbocycles. The lowest BCUT2D eigenvalue weighted by molar-refractivity contribution is -0.137. The van der Waals surface area contributed by atoms with Crippen LogP contribution in [0.3, 0.4) is 0 Å². The summed E-state index contributed by atoms with van der Waals surface area (Å²) in [6.45, 7) is -0.0279. The Kier molecular flexibility index (Phi) is 4.84. The van der Waals surface area contributed by atoms with Gasteiger partial charge in [-0.2, -0.15) is 13.2 Å². The fourth-order valence-corrected chi connectivity index (χ4v) is 1.79. The summed E-state index contributed by atoms with van der Waals surface area (Å²) in [5, 5.41) is 2.53. The molecule has 0 spiro atoms. The van der Waals surface area contributed by atoms with Crippen molar-refractivity contribution in [3.63, 3.8) is 0 Å². The average Bonchev–Trinajstić information content (AvgIpc) is 2.51. The molecule has 112 valence electrons. The predicted molar refractivity (Wildman–Crippen MR) is 77.1 cm³/mol. The van der Waals surface area contributed by atoms with Crippen molar-refractivity contribution in [2.45, 2.75) is 6.18 Å². The molecule has 0 bridgehead atoms. The lowest BCUT2D eigenvalue weighted by atomic mass is 10.1. The molecule has 0 saturated carbocycles. The Bertz CT molecular complexity index is 712. The zero-order chi connectivity index (χ0) is 16.0. The number of halogens is 3. The van der Waals surface area contributed by atoms with Gasteiger partial charge in [0, 0.05) is 11.1 Å². The molecular weight excluding hydrogens is 291 g/mol. The molecule has 0 aliphatic heterocycles. The number of hydrogen-bond donors (Lipinski definition) is 1. The van der Waals surface area contributed by atoms with Gasteiger partial charge in [-0.3, -0.25) is 4.79 Å². The number of amides is 1. The Hall–Kier alpha value is -2.74. The summed E-state index contributed by atoms with van der Waals surface area (Å²) in [6, 6.07) is 13.6. The van der Waals surface area contributed by atoms with Crippen LogP contribution in [0.15, 0.2) is 54.6 Å². The second-order valence-electron chi connectivity index (χ2n) is 4.39. The number of hydrogen-bond acceptors (Lipinski definition) is 1. The van der Waals surface area contributed by atoms with Gasteiger partial charge in [-0.05, 0) is 24.3 Å². The van der Waals surface area contributed by atoms with Gasteiger partial charge in [-0.25, -0.2) is 0 Å². The molecule has 2 aromatic carbocycles. The molecule has 2 aromatic rings. The summed E-state index contributed by atoms with van der Waals surface area (Å²) in [4.78, 5) is 11.7. The highest BCUT2D eigenvalue weighted by atomic mass is 19.4. The standard InChI is InChI=1S/C17H12F3NO/c18-17(19,20)15-11-5-4-7-13(15)10-6-12-21-16(22)14-8-2-1-3-9-14/h1-5,7-9,11H,12H2,(H,21,22). The predicted octanol–water partition coefficient (Wildman–Crippen LogP) is 3.49. The van der Waals surface area contributed by atoms with Crippen LogP contribution in [0.5, 0.6) is 0 Å². The van der Waals surface area contributed by atoms with Crippen LogP contribution in [0, 0.1) is 11.8 Å². The van der Waals surface area contributed by atoms with Gasteiger partial charge in [0.25, 0.3) is 5.91 Å². The van der Waals surface area contributed by atoms with E-state index < -0.39 is 11.7 Å². The Labute approximate surface area is 126 Å². The van der Waals surface area contributed by atoms with Crippen LogP contribution in [-0.2, 0) is 6.18 Å². The van der Waals surface area contributed by atoms with Gasteiger partial charge >= 0.3 is 6.18 Å². The fourth-order valence-electron chi connectivity index (χ4n) is 1.79. The van der Waals surface area contributed by atoms with E-state index in [2.05, 4.69) is 17.2 Å². The van der Waals surface area contributed by atoms with Crippen molar-refractivity contribution < 1.29 is 18.0 Å². The lowest BCUT2D eigenvalue weighted by Crippen LogP contribution is -2.23. The molecule has 1 N–H and O–H groups in total. The molecule has 0 radical (unpaired) electrons. The molecule has 2 rings (SSSR count). The first kappa shape index (κ1) is 15.6. The van der Waals surface area contributed by atoms with Crippen molar-refractivity contribution in [3.05, 3.63) is 71.3 Å². The van der Waals surface area contributed by atoms with Crippen LogP contribution in [0.25, 0.3) is 0 Å². The van der Waals surface area contributed by atoms with Crippen molar-refractivity contribution in [1.82, 2.24) is 5.32 Å². The molecule has 5 heteroatoms. The third-order valence-corrected chi connectivity index (χ3v) is 2.83. The normalized spacial score (nSPS) is 10.5. The van der Waals surface area contributed by atoms with E-state index >= 15 is 0 Å². The van der Waals surface area contributed by atoms with Gasteiger partial charge < -0.3 is 5.32 Å². The molecular formula is C17H12F3NO. The molecule has 0 heterocycles. The van der Waals surface area contributed by atoms with Crippen molar-refractivity contribution in [2.75, 3.05) is 6.54 Å². The number of alkyl halides is 3. The Balaban J connectivity index is 2.02. The summed E-state index contributed by atoms with van der Waals surface area (Å²) < 4.78 is 38.3. The highest BCUT2D eigenvalue weighted by molar-refractivity contribution is 5.94. The van der Waals surface area contributed by atoms with E-state index in [1.54, 1.807) is 30.3 Å². The highest BCUT2D eigenvalue weighted by Gasteiger charge is 2.32. The maximum absolute atomic E-state index is 12.8. The molecule has 0 atom stereocenters. The largest absolute Gasteiger partial charge is 0.417 e. The number of carbonyl (C=O) groups is 1. The molecule has 0 fully saturated rings. The first-order chi connectivity index (χ1) is 10.5.